The van der Waals surface area contributed by atoms with Crippen molar-refractivity contribution in [2.75, 3.05) is 0 Å². The van der Waals surface area contributed by atoms with Crippen LogP contribution in [0.3, 0.4) is 0 Å². The van der Waals surface area contributed by atoms with Crippen LogP contribution in [0.25, 0.3) is 22.0 Å². The fourth-order valence-electron chi connectivity index (χ4n) is 4.38. The summed E-state index contributed by atoms with van der Waals surface area (Å²) in [7, 11) is -3.08. The average Bonchev–Trinajstić information content (AvgIpc) is 3.47. The monoisotopic (exact) mass is 589 g/mol. The van der Waals surface area contributed by atoms with E-state index < -0.39 is 49.8 Å². The summed E-state index contributed by atoms with van der Waals surface area (Å²) < 4.78 is 86.1. The Kier molecular flexibility index (Phi) is 7.63. The zero-order chi connectivity index (χ0) is 28.8. The summed E-state index contributed by atoms with van der Waals surface area (Å²) in [5.74, 6) is -1.92. The van der Waals surface area contributed by atoms with Gasteiger partial charge in [0.15, 0.2) is 5.03 Å². The van der Waals surface area contributed by atoms with Crippen LogP contribution in [0.1, 0.15) is 29.0 Å². The summed E-state index contributed by atoms with van der Waals surface area (Å²) >= 11 is 0. The molecule has 2 N–H and O–H groups in total. The molecule has 0 atom stereocenters. The van der Waals surface area contributed by atoms with Crippen LogP contribution in [0.4, 0.5) is 17.6 Å². The number of hydrogen-bond acceptors (Lipinski definition) is 5. The number of alkyl halides is 3. The minimum Gasteiger partial charge on any atom is -0.331 e. The highest BCUT2D eigenvalue weighted by molar-refractivity contribution is 7.90. The first kappa shape index (κ1) is 29.3. The van der Waals surface area contributed by atoms with Crippen molar-refractivity contribution in [3.63, 3.8) is 0 Å². The van der Waals surface area contributed by atoms with Crippen LogP contribution in [-0.4, -0.2) is 33.7 Å². The number of sulfonamides is 1. The van der Waals surface area contributed by atoms with Gasteiger partial charge in [0, 0.05) is 47.0 Å². The van der Waals surface area contributed by atoms with E-state index in [0.717, 1.165) is 30.3 Å². The van der Waals surface area contributed by atoms with Crippen molar-refractivity contribution < 1.29 is 30.8 Å². The standard InChI is InChI=1S/C26H19F4N5O4S.CH4/c1-34-12-10-21(32-34)40(38,39)33-25(37)23-22(17-6-4-11-31-24(17)36)18-13-16(26(28,29)30)8-9-20(18)35(23)14-15-5-2-3-7-19(15)27;/h2-13H,14H2,1H3,(H,31,36)(H,33,37);1H4. The van der Waals surface area contributed by atoms with E-state index in [4.69, 9.17) is 0 Å². The van der Waals surface area contributed by atoms with E-state index in [1.807, 2.05) is 4.72 Å². The molecular formula is C27H23F4N5O4S. The SMILES string of the molecule is C.Cn1ccc(S(=O)(=O)NC(=O)c2c(-c3ccc[nH]c3=O)c3cc(C(F)(F)F)ccc3n2Cc2ccccc2F)n1. The van der Waals surface area contributed by atoms with Crippen LogP contribution in [0, 0.1) is 5.82 Å². The van der Waals surface area contributed by atoms with E-state index in [1.165, 1.54) is 59.0 Å². The molecule has 0 aliphatic carbocycles. The lowest BCUT2D eigenvalue weighted by Crippen LogP contribution is -2.33. The van der Waals surface area contributed by atoms with Crippen molar-refractivity contribution in [1.82, 2.24) is 24.1 Å². The van der Waals surface area contributed by atoms with Gasteiger partial charge in [-0.2, -0.15) is 26.7 Å². The van der Waals surface area contributed by atoms with Crippen LogP contribution in [0.15, 0.2) is 82.9 Å². The number of aromatic nitrogens is 4. The van der Waals surface area contributed by atoms with Gasteiger partial charge in [-0.1, -0.05) is 25.6 Å². The van der Waals surface area contributed by atoms with Crippen molar-refractivity contribution in [3.05, 3.63) is 106 Å². The number of rotatable bonds is 6. The zero-order valence-electron chi connectivity index (χ0n) is 20.5. The summed E-state index contributed by atoms with van der Waals surface area (Å²) in [6.07, 6.45) is -2.15. The Bertz CT molecular complexity index is 1940. The third-order valence-corrected chi connectivity index (χ3v) is 7.39. The first-order chi connectivity index (χ1) is 18.9. The predicted octanol–water partition coefficient (Wildman–Crippen LogP) is 4.69. The quantitative estimate of drug-likeness (QED) is 0.279. The summed E-state index contributed by atoms with van der Waals surface area (Å²) in [4.78, 5) is 29.0. The molecule has 0 unspecified atom stereocenters. The van der Waals surface area contributed by atoms with Gasteiger partial charge in [0.2, 0.25) is 0 Å². The number of nitrogens with zero attached hydrogens (tertiary/aromatic N) is 3. The number of pyridine rings is 1. The molecule has 0 spiro atoms. The molecule has 1 amide bonds. The number of halogens is 4. The first-order valence-corrected chi connectivity index (χ1v) is 13.1. The number of nitrogens with one attached hydrogen (secondary N) is 2. The molecule has 0 bridgehead atoms. The van der Waals surface area contributed by atoms with Crippen molar-refractivity contribution in [2.45, 2.75) is 25.2 Å². The Labute approximate surface area is 231 Å². The van der Waals surface area contributed by atoms with Crippen LogP contribution in [0.5, 0.6) is 0 Å². The Hall–Kier alpha value is -4.72. The van der Waals surface area contributed by atoms with Gasteiger partial charge >= 0.3 is 6.18 Å². The molecule has 0 fully saturated rings. The van der Waals surface area contributed by atoms with E-state index in [2.05, 4.69) is 10.1 Å². The molecule has 0 aliphatic heterocycles. The van der Waals surface area contributed by atoms with Gasteiger partial charge in [-0.05, 0) is 42.5 Å². The van der Waals surface area contributed by atoms with E-state index in [1.54, 1.807) is 0 Å². The van der Waals surface area contributed by atoms with Crippen LogP contribution in [-0.2, 0) is 29.8 Å². The molecule has 0 saturated heterocycles. The zero-order valence-corrected chi connectivity index (χ0v) is 21.3. The van der Waals surface area contributed by atoms with Crippen LogP contribution < -0.4 is 10.3 Å². The average molecular weight is 590 g/mol. The van der Waals surface area contributed by atoms with Crippen molar-refractivity contribution in [3.8, 4) is 11.1 Å². The van der Waals surface area contributed by atoms with Gasteiger partial charge in [-0.25, -0.2) is 9.11 Å². The summed E-state index contributed by atoms with van der Waals surface area (Å²) in [5, 5.41) is 3.13. The summed E-state index contributed by atoms with van der Waals surface area (Å²) in [6.45, 7) is -0.369. The highest BCUT2D eigenvalue weighted by Gasteiger charge is 2.34. The van der Waals surface area contributed by atoms with Gasteiger partial charge in [-0.15, -0.1) is 0 Å². The molecule has 214 valence electrons. The van der Waals surface area contributed by atoms with Crippen LogP contribution >= 0.6 is 0 Å². The minimum absolute atomic E-state index is 0. The topological polar surface area (TPSA) is 119 Å². The molecule has 0 radical (unpaired) electrons. The number of amides is 1. The second kappa shape index (κ2) is 10.7. The Morgan fingerprint density at radius 2 is 1.80 bits per heavy atom. The highest BCUT2D eigenvalue weighted by atomic mass is 32.2. The number of carbonyl (C=O) groups is 1. The van der Waals surface area contributed by atoms with Gasteiger partial charge in [0.05, 0.1) is 12.1 Å². The van der Waals surface area contributed by atoms with Gasteiger partial charge < -0.3 is 9.55 Å². The van der Waals surface area contributed by atoms with Crippen LogP contribution in [0.2, 0.25) is 0 Å². The molecular weight excluding hydrogens is 566 g/mol. The van der Waals surface area contributed by atoms with Gasteiger partial charge in [0.25, 0.3) is 21.5 Å². The van der Waals surface area contributed by atoms with Crippen molar-refractivity contribution in [1.29, 1.82) is 0 Å². The maximum absolute atomic E-state index is 14.7. The van der Waals surface area contributed by atoms with Crippen molar-refractivity contribution in [2.24, 2.45) is 7.05 Å². The van der Waals surface area contributed by atoms with E-state index in [-0.39, 0.29) is 41.6 Å². The molecule has 41 heavy (non-hydrogen) atoms. The molecule has 0 aliphatic rings. The molecule has 3 aromatic heterocycles. The van der Waals surface area contributed by atoms with E-state index >= 15 is 0 Å². The fraction of sp³-hybridized carbons (Fsp3) is 0.148. The molecule has 5 aromatic rings. The molecule has 14 heteroatoms. The molecule has 3 heterocycles. The predicted molar refractivity (Wildman–Crippen MR) is 143 cm³/mol. The number of aromatic amines is 1. The number of hydrogen-bond donors (Lipinski definition) is 2. The Morgan fingerprint density at radius 1 is 1.07 bits per heavy atom. The third kappa shape index (κ3) is 5.50. The maximum Gasteiger partial charge on any atom is 0.416 e. The molecule has 0 saturated carbocycles. The molecule has 2 aromatic carbocycles. The smallest absolute Gasteiger partial charge is 0.331 e. The molecule has 5 rings (SSSR count). The second-order valence-corrected chi connectivity index (χ2v) is 10.4. The number of benzene rings is 2. The minimum atomic E-state index is -4.77. The lowest BCUT2D eigenvalue weighted by Gasteiger charge is -2.13. The van der Waals surface area contributed by atoms with Gasteiger partial charge in [-0.3, -0.25) is 14.3 Å². The summed E-state index contributed by atoms with van der Waals surface area (Å²) in [6, 6.07) is 12.0. The fourth-order valence-corrected chi connectivity index (χ4v) is 5.30. The Balaban J connectivity index is 0.00000387. The first-order valence-electron chi connectivity index (χ1n) is 11.6. The normalized spacial score (nSPS) is 11.8. The van der Waals surface area contributed by atoms with Crippen molar-refractivity contribution >= 4 is 26.8 Å². The molecule has 9 nitrogen and oxygen atoms in total. The summed E-state index contributed by atoms with van der Waals surface area (Å²) in [5.41, 5.74) is -2.62. The maximum atomic E-state index is 14.7. The lowest BCUT2D eigenvalue weighted by atomic mass is 10.0. The number of H-pyrrole nitrogens is 1. The van der Waals surface area contributed by atoms with Gasteiger partial charge in [0.1, 0.15) is 11.5 Å². The van der Waals surface area contributed by atoms with E-state index in [0.29, 0.717) is 0 Å². The number of aryl methyl sites for hydroxylation is 1. The number of carbonyl (C=O) groups excluding carboxylic acids is 1. The lowest BCUT2D eigenvalue weighted by molar-refractivity contribution is -0.137. The second-order valence-electron chi connectivity index (χ2n) is 8.81. The highest BCUT2D eigenvalue weighted by Crippen LogP contribution is 2.38. The largest absolute Gasteiger partial charge is 0.416 e. The van der Waals surface area contributed by atoms with E-state index in [9.17, 15) is 35.6 Å². The number of fused-ring (bicyclic) bond motifs is 1. The third-order valence-electron chi connectivity index (χ3n) is 6.17. The Morgan fingerprint density at radius 3 is 2.44 bits per heavy atom.